The van der Waals surface area contributed by atoms with Crippen molar-refractivity contribution in [3.05, 3.63) is 29.8 Å². The summed E-state index contributed by atoms with van der Waals surface area (Å²) < 4.78 is 0. The van der Waals surface area contributed by atoms with E-state index in [0.717, 1.165) is 31.2 Å². The van der Waals surface area contributed by atoms with Crippen molar-refractivity contribution in [3.63, 3.8) is 0 Å². The van der Waals surface area contributed by atoms with Gasteiger partial charge in [-0.25, -0.2) is 4.79 Å². The van der Waals surface area contributed by atoms with Crippen LogP contribution in [-0.4, -0.2) is 34.4 Å². The van der Waals surface area contributed by atoms with E-state index in [4.69, 9.17) is 0 Å². The number of hydrogen-bond acceptors (Lipinski definition) is 3. The van der Waals surface area contributed by atoms with Gasteiger partial charge in [-0.1, -0.05) is 25.0 Å². The number of carbonyl (C=O) groups is 1. The Morgan fingerprint density at radius 3 is 2.62 bits per heavy atom. The zero-order valence-corrected chi connectivity index (χ0v) is 12.4. The minimum absolute atomic E-state index is 0.0183. The molecule has 5 nitrogen and oxygen atoms in total. The number of rotatable bonds is 4. The molecule has 5 heteroatoms. The number of amides is 2. The van der Waals surface area contributed by atoms with Gasteiger partial charge in [0.2, 0.25) is 0 Å². The molecule has 3 unspecified atom stereocenters. The fraction of sp³-hybridized carbons (Fsp3) is 0.562. The van der Waals surface area contributed by atoms with Gasteiger partial charge >= 0.3 is 6.03 Å². The second-order valence-corrected chi connectivity index (χ2v) is 5.85. The summed E-state index contributed by atoms with van der Waals surface area (Å²) in [6.07, 6.45) is 3.93. The molecule has 0 heterocycles. The lowest BCUT2D eigenvalue weighted by Crippen LogP contribution is -2.51. The number of phenolic OH excluding ortho intramolecular Hbond substituents is 1. The van der Waals surface area contributed by atoms with E-state index in [1.165, 1.54) is 0 Å². The van der Waals surface area contributed by atoms with E-state index in [-0.39, 0.29) is 23.9 Å². The maximum atomic E-state index is 11.9. The number of phenols is 1. The summed E-state index contributed by atoms with van der Waals surface area (Å²) in [5.74, 6) is 0.239. The predicted octanol–water partition coefficient (Wildman–Crippen LogP) is 1.93. The quantitative estimate of drug-likeness (QED) is 0.684. The van der Waals surface area contributed by atoms with Crippen LogP contribution in [0.4, 0.5) is 4.79 Å². The number of aliphatic hydroxyl groups excluding tert-OH is 1. The number of benzene rings is 1. The first kappa shape index (κ1) is 15.6. The molecule has 1 saturated carbocycles. The van der Waals surface area contributed by atoms with Gasteiger partial charge in [0.15, 0.2) is 0 Å². The molecule has 0 spiro atoms. The van der Waals surface area contributed by atoms with Gasteiger partial charge in [-0.15, -0.1) is 0 Å². The van der Waals surface area contributed by atoms with E-state index in [1.807, 2.05) is 19.1 Å². The maximum absolute atomic E-state index is 11.9. The predicted molar refractivity (Wildman–Crippen MR) is 81.2 cm³/mol. The van der Waals surface area contributed by atoms with Crippen molar-refractivity contribution < 1.29 is 15.0 Å². The highest BCUT2D eigenvalue weighted by Gasteiger charge is 2.24. The Kier molecular flexibility index (Phi) is 5.44. The summed E-state index contributed by atoms with van der Waals surface area (Å²) in [6, 6.07) is 6.58. The van der Waals surface area contributed by atoms with Crippen LogP contribution in [0.15, 0.2) is 24.3 Å². The Labute approximate surface area is 125 Å². The average molecular weight is 292 g/mol. The molecule has 3 atom stereocenters. The van der Waals surface area contributed by atoms with Crippen LogP contribution in [0.25, 0.3) is 0 Å². The van der Waals surface area contributed by atoms with Crippen LogP contribution in [0.1, 0.15) is 38.2 Å². The van der Waals surface area contributed by atoms with Crippen LogP contribution in [-0.2, 0) is 6.42 Å². The summed E-state index contributed by atoms with van der Waals surface area (Å²) in [7, 11) is 0. The maximum Gasteiger partial charge on any atom is 0.315 e. The third-order valence-electron chi connectivity index (χ3n) is 3.90. The van der Waals surface area contributed by atoms with Crippen molar-refractivity contribution in [2.45, 2.75) is 57.2 Å². The summed E-state index contributed by atoms with van der Waals surface area (Å²) in [5, 5.41) is 24.8. The zero-order valence-electron chi connectivity index (χ0n) is 12.4. The lowest BCUT2D eigenvalue weighted by molar-refractivity contribution is 0.0941. The number of carbonyl (C=O) groups excluding carboxylic acids is 1. The van der Waals surface area contributed by atoms with E-state index in [1.54, 1.807) is 12.1 Å². The Morgan fingerprint density at radius 2 is 1.95 bits per heavy atom. The molecule has 0 aromatic heterocycles. The third-order valence-corrected chi connectivity index (χ3v) is 3.90. The molecule has 2 rings (SSSR count). The standard InChI is InChI=1S/C16H24N2O3/c1-11(10-12-6-8-13(19)9-7-12)17-16(21)18-14-4-2-3-5-15(14)20/h6-9,11,14-15,19-20H,2-5,10H2,1H3,(H2,17,18,21). The van der Waals surface area contributed by atoms with Gasteiger partial charge in [-0.2, -0.15) is 0 Å². The van der Waals surface area contributed by atoms with Crippen molar-refractivity contribution >= 4 is 6.03 Å². The first-order valence-corrected chi connectivity index (χ1v) is 7.57. The molecule has 0 bridgehead atoms. The highest BCUT2D eigenvalue weighted by Crippen LogP contribution is 2.18. The molecule has 1 aliphatic carbocycles. The van der Waals surface area contributed by atoms with Crippen molar-refractivity contribution in [1.29, 1.82) is 0 Å². The van der Waals surface area contributed by atoms with Crippen LogP contribution in [0.2, 0.25) is 0 Å². The van der Waals surface area contributed by atoms with Gasteiger partial charge in [0, 0.05) is 6.04 Å². The smallest absolute Gasteiger partial charge is 0.315 e. The molecule has 1 aliphatic rings. The first-order chi connectivity index (χ1) is 10.0. The number of nitrogens with one attached hydrogen (secondary N) is 2. The molecule has 1 aromatic carbocycles. The molecule has 0 saturated heterocycles. The molecule has 1 fully saturated rings. The highest BCUT2D eigenvalue weighted by atomic mass is 16.3. The van der Waals surface area contributed by atoms with Gasteiger partial charge in [0.1, 0.15) is 5.75 Å². The number of aromatic hydroxyl groups is 1. The Morgan fingerprint density at radius 1 is 1.29 bits per heavy atom. The van der Waals surface area contributed by atoms with E-state index in [9.17, 15) is 15.0 Å². The molecular weight excluding hydrogens is 268 g/mol. The van der Waals surface area contributed by atoms with Gasteiger partial charge in [0.05, 0.1) is 12.1 Å². The summed E-state index contributed by atoms with van der Waals surface area (Å²) in [4.78, 5) is 11.9. The average Bonchev–Trinajstić information content (AvgIpc) is 2.44. The minimum atomic E-state index is -0.433. The zero-order chi connectivity index (χ0) is 15.2. The van der Waals surface area contributed by atoms with Crippen LogP contribution in [0.3, 0.4) is 0 Å². The lowest BCUT2D eigenvalue weighted by Gasteiger charge is -2.29. The molecule has 4 N–H and O–H groups in total. The van der Waals surface area contributed by atoms with Gasteiger partial charge in [-0.05, 0) is 43.9 Å². The number of hydrogen-bond donors (Lipinski definition) is 4. The van der Waals surface area contributed by atoms with Crippen LogP contribution in [0, 0.1) is 0 Å². The molecule has 0 radical (unpaired) electrons. The van der Waals surface area contributed by atoms with Gasteiger partial charge < -0.3 is 20.8 Å². The summed E-state index contributed by atoms with van der Waals surface area (Å²) in [6.45, 7) is 1.93. The SMILES string of the molecule is CC(Cc1ccc(O)cc1)NC(=O)NC1CCCCC1O. The van der Waals surface area contributed by atoms with Crippen LogP contribution in [0.5, 0.6) is 5.75 Å². The molecular formula is C16H24N2O3. The summed E-state index contributed by atoms with van der Waals surface area (Å²) >= 11 is 0. The van der Waals surface area contributed by atoms with Gasteiger partial charge in [-0.3, -0.25) is 0 Å². The fourth-order valence-electron chi connectivity index (χ4n) is 2.75. The molecule has 1 aromatic rings. The van der Waals surface area contributed by atoms with Crippen molar-refractivity contribution in [2.75, 3.05) is 0 Å². The van der Waals surface area contributed by atoms with Crippen molar-refractivity contribution in [3.8, 4) is 5.75 Å². The van der Waals surface area contributed by atoms with E-state index >= 15 is 0 Å². The Balaban J connectivity index is 1.77. The monoisotopic (exact) mass is 292 g/mol. The number of urea groups is 1. The minimum Gasteiger partial charge on any atom is -0.508 e. The number of aliphatic hydroxyl groups is 1. The molecule has 116 valence electrons. The third kappa shape index (κ3) is 4.93. The van der Waals surface area contributed by atoms with Crippen LogP contribution < -0.4 is 10.6 Å². The Bertz CT molecular complexity index is 461. The first-order valence-electron chi connectivity index (χ1n) is 7.57. The molecule has 21 heavy (non-hydrogen) atoms. The topological polar surface area (TPSA) is 81.6 Å². The van der Waals surface area contributed by atoms with E-state index < -0.39 is 6.10 Å². The van der Waals surface area contributed by atoms with E-state index in [2.05, 4.69) is 10.6 Å². The second-order valence-electron chi connectivity index (χ2n) is 5.85. The normalized spacial score (nSPS) is 23.3. The second kappa shape index (κ2) is 7.31. The molecule has 2 amide bonds. The van der Waals surface area contributed by atoms with Gasteiger partial charge in [0.25, 0.3) is 0 Å². The highest BCUT2D eigenvalue weighted by molar-refractivity contribution is 5.74. The Hall–Kier alpha value is -1.75. The lowest BCUT2D eigenvalue weighted by atomic mass is 9.93. The largest absolute Gasteiger partial charge is 0.508 e. The van der Waals surface area contributed by atoms with Crippen molar-refractivity contribution in [2.24, 2.45) is 0 Å². The van der Waals surface area contributed by atoms with E-state index in [0.29, 0.717) is 6.42 Å². The fourth-order valence-corrected chi connectivity index (χ4v) is 2.75. The van der Waals surface area contributed by atoms with Crippen molar-refractivity contribution in [1.82, 2.24) is 10.6 Å². The summed E-state index contributed by atoms with van der Waals surface area (Å²) in [5.41, 5.74) is 1.05. The molecule has 0 aliphatic heterocycles. The van der Waals surface area contributed by atoms with Crippen LogP contribution >= 0.6 is 0 Å².